The van der Waals surface area contributed by atoms with Crippen molar-refractivity contribution in [1.82, 2.24) is 5.32 Å². The number of ether oxygens (including phenoxy) is 2. The van der Waals surface area contributed by atoms with Crippen LogP contribution in [0.15, 0.2) is 42.5 Å². The molecule has 1 amide bonds. The summed E-state index contributed by atoms with van der Waals surface area (Å²) in [5.41, 5.74) is 1.37. The number of benzene rings is 1. The van der Waals surface area contributed by atoms with Crippen LogP contribution in [0.1, 0.15) is 32.3 Å². The van der Waals surface area contributed by atoms with Gasteiger partial charge in [-0.1, -0.05) is 57.2 Å². The summed E-state index contributed by atoms with van der Waals surface area (Å²) in [6.07, 6.45) is 0.402. The average Bonchev–Trinajstić information content (AvgIpc) is 2.89. The molecule has 0 spiro atoms. The van der Waals surface area contributed by atoms with Gasteiger partial charge < -0.3 is 14.8 Å². The number of hydrogen-bond acceptors (Lipinski definition) is 4. The number of carbonyl (C=O) groups is 2. The van der Waals surface area contributed by atoms with Gasteiger partial charge in [0.15, 0.2) is 0 Å². The van der Waals surface area contributed by atoms with Crippen LogP contribution in [-0.4, -0.2) is 24.2 Å². The van der Waals surface area contributed by atoms with Crippen molar-refractivity contribution in [3.05, 3.63) is 48.0 Å². The van der Waals surface area contributed by atoms with Crippen LogP contribution in [0.4, 0.5) is 4.79 Å². The van der Waals surface area contributed by atoms with Crippen LogP contribution >= 0.6 is 0 Å². The molecule has 2 rings (SSSR count). The molecular formula is C18H23NO4. The van der Waals surface area contributed by atoms with Gasteiger partial charge in [-0.2, -0.15) is 0 Å². The summed E-state index contributed by atoms with van der Waals surface area (Å²) in [6, 6.07) is 9.19. The minimum absolute atomic E-state index is 0.156. The zero-order chi connectivity index (χ0) is 16.8. The molecule has 1 aliphatic rings. The molecule has 0 aliphatic carbocycles. The lowest BCUT2D eigenvalue weighted by atomic mass is 9.92. The molecule has 0 bridgehead atoms. The number of carbonyl (C=O) groups excluding carboxylic acids is 2. The Labute approximate surface area is 136 Å². The summed E-state index contributed by atoms with van der Waals surface area (Å²) in [4.78, 5) is 23.6. The lowest BCUT2D eigenvalue weighted by Crippen LogP contribution is -2.47. The molecule has 0 radical (unpaired) electrons. The second kappa shape index (κ2) is 7.81. The van der Waals surface area contributed by atoms with Crippen molar-refractivity contribution in [1.29, 1.82) is 0 Å². The molecule has 1 N–H and O–H groups in total. The summed E-state index contributed by atoms with van der Waals surface area (Å²) in [7, 11) is 0. The fraction of sp³-hybridized carbons (Fsp3) is 0.444. The van der Waals surface area contributed by atoms with Gasteiger partial charge in [-0.05, 0) is 11.5 Å². The second-order valence-electron chi connectivity index (χ2n) is 5.87. The van der Waals surface area contributed by atoms with Crippen molar-refractivity contribution in [2.75, 3.05) is 0 Å². The number of esters is 1. The van der Waals surface area contributed by atoms with Gasteiger partial charge in [-0.3, -0.25) is 0 Å². The van der Waals surface area contributed by atoms with E-state index in [2.05, 4.69) is 11.9 Å². The lowest BCUT2D eigenvalue weighted by molar-refractivity contribution is -0.140. The smallest absolute Gasteiger partial charge is 0.407 e. The van der Waals surface area contributed by atoms with Crippen molar-refractivity contribution in [2.45, 2.75) is 45.4 Å². The number of cyclic esters (lactones) is 1. The number of hydrogen-bond donors (Lipinski definition) is 1. The zero-order valence-electron chi connectivity index (χ0n) is 13.6. The molecule has 1 aromatic rings. The third-order valence-corrected chi connectivity index (χ3v) is 4.15. The van der Waals surface area contributed by atoms with Crippen molar-refractivity contribution >= 4 is 12.1 Å². The van der Waals surface area contributed by atoms with Gasteiger partial charge >= 0.3 is 12.1 Å². The molecule has 1 saturated heterocycles. The first kappa shape index (κ1) is 17.1. The maximum atomic E-state index is 12.1. The van der Waals surface area contributed by atoms with Crippen LogP contribution in [0, 0.1) is 5.92 Å². The first-order chi connectivity index (χ1) is 11.0. The predicted octanol–water partition coefficient (Wildman–Crippen LogP) is 3.20. The number of rotatable bonds is 6. The van der Waals surface area contributed by atoms with E-state index in [9.17, 15) is 9.59 Å². The fourth-order valence-electron chi connectivity index (χ4n) is 2.55. The maximum absolute atomic E-state index is 12.1. The topological polar surface area (TPSA) is 64.6 Å². The van der Waals surface area contributed by atoms with Crippen LogP contribution < -0.4 is 5.32 Å². The standard InChI is InChI=1S/C18H23NO4/c1-4-12(2)16(15-10-13(3)17(20)23-15)19-18(21)22-11-14-8-6-5-7-9-14/h5-9,12,15-16H,3-4,10-11H2,1-2H3,(H,19,21)/t12?,15-,16-/m0/s1. The Balaban J connectivity index is 1.93. The van der Waals surface area contributed by atoms with Gasteiger partial charge in [0.2, 0.25) is 0 Å². The van der Waals surface area contributed by atoms with Gasteiger partial charge in [0.25, 0.3) is 0 Å². The highest BCUT2D eigenvalue weighted by atomic mass is 16.6. The SMILES string of the molecule is C=C1C[C@@H]([C@@H](NC(=O)OCc2ccccc2)C(C)CC)OC1=O. The molecule has 0 aromatic heterocycles. The summed E-state index contributed by atoms with van der Waals surface area (Å²) in [5, 5.41) is 2.84. The van der Waals surface area contributed by atoms with Crippen molar-refractivity contribution in [3.63, 3.8) is 0 Å². The maximum Gasteiger partial charge on any atom is 0.407 e. The molecular weight excluding hydrogens is 294 g/mol. The number of alkyl carbamates (subject to hydrolysis) is 1. The Hall–Kier alpha value is -2.30. The molecule has 5 nitrogen and oxygen atoms in total. The minimum atomic E-state index is -0.507. The van der Waals surface area contributed by atoms with Gasteiger partial charge in [-0.25, -0.2) is 9.59 Å². The van der Waals surface area contributed by atoms with Crippen molar-refractivity contribution < 1.29 is 19.1 Å². The number of nitrogens with one attached hydrogen (secondary N) is 1. The first-order valence-electron chi connectivity index (χ1n) is 7.87. The first-order valence-corrected chi connectivity index (χ1v) is 7.87. The summed E-state index contributed by atoms with van der Waals surface area (Å²) in [5.74, 6) is -0.231. The van der Waals surface area contributed by atoms with Crippen LogP contribution in [0.25, 0.3) is 0 Å². The van der Waals surface area contributed by atoms with E-state index in [1.54, 1.807) is 0 Å². The fourth-order valence-corrected chi connectivity index (χ4v) is 2.55. The van der Waals surface area contributed by atoms with E-state index in [-0.39, 0.29) is 30.6 Å². The molecule has 1 fully saturated rings. The van der Waals surface area contributed by atoms with Gasteiger partial charge in [0.05, 0.1) is 6.04 Å². The van der Waals surface area contributed by atoms with Crippen LogP contribution in [0.2, 0.25) is 0 Å². The molecule has 1 aromatic carbocycles. The Bertz CT molecular complexity index is 554. The van der Waals surface area contributed by atoms with E-state index in [1.807, 2.05) is 44.2 Å². The third-order valence-electron chi connectivity index (χ3n) is 4.15. The normalized spacial score (nSPS) is 19.8. The largest absolute Gasteiger partial charge is 0.456 e. The van der Waals surface area contributed by atoms with E-state index in [4.69, 9.17) is 9.47 Å². The summed E-state index contributed by atoms with van der Waals surface area (Å²) < 4.78 is 10.6. The molecule has 5 heteroatoms. The highest BCUT2D eigenvalue weighted by Gasteiger charge is 2.37. The van der Waals surface area contributed by atoms with Gasteiger partial charge in [-0.15, -0.1) is 0 Å². The minimum Gasteiger partial charge on any atom is -0.456 e. The molecule has 124 valence electrons. The van der Waals surface area contributed by atoms with E-state index >= 15 is 0 Å². The quantitative estimate of drug-likeness (QED) is 0.646. The van der Waals surface area contributed by atoms with Crippen molar-refractivity contribution in [3.8, 4) is 0 Å². The van der Waals surface area contributed by atoms with Gasteiger partial charge in [0, 0.05) is 12.0 Å². The Morgan fingerprint density at radius 2 is 2.13 bits per heavy atom. The van der Waals surface area contributed by atoms with E-state index in [0.29, 0.717) is 12.0 Å². The highest BCUT2D eigenvalue weighted by Crippen LogP contribution is 2.26. The summed E-state index contributed by atoms with van der Waals surface area (Å²) >= 11 is 0. The zero-order valence-corrected chi connectivity index (χ0v) is 13.6. The molecule has 1 unspecified atom stereocenters. The Morgan fingerprint density at radius 3 is 2.70 bits per heavy atom. The third kappa shape index (κ3) is 4.58. The van der Waals surface area contributed by atoms with E-state index in [0.717, 1.165) is 12.0 Å². The van der Waals surface area contributed by atoms with Crippen LogP contribution in [-0.2, 0) is 20.9 Å². The van der Waals surface area contributed by atoms with Crippen LogP contribution in [0.3, 0.4) is 0 Å². The van der Waals surface area contributed by atoms with Crippen LogP contribution in [0.5, 0.6) is 0 Å². The predicted molar refractivity (Wildman–Crippen MR) is 86.6 cm³/mol. The van der Waals surface area contributed by atoms with E-state index < -0.39 is 6.09 Å². The van der Waals surface area contributed by atoms with Gasteiger partial charge in [0.1, 0.15) is 12.7 Å². The molecule has 1 aliphatic heterocycles. The molecule has 1 heterocycles. The second-order valence-corrected chi connectivity index (χ2v) is 5.87. The molecule has 3 atom stereocenters. The molecule has 0 saturated carbocycles. The Kier molecular flexibility index (Phi) is 5.79. The van der Waals surface area contributed by atoms with Crippen molar-refractivity contribution in [2.24, 2.45) is 5.92 Å². The summed E-state index contributed by atoms with van der Waals surface area (Å²) in [6.45, 7) is 7.93. The molecule has 23 heavy (non-hydrogen) atoms. The van der Waals surface area contributed by atoms with E-state index in [1.165, 1.54) is 0 Å². The monoisotopic (exact) mass is 317 g/mol. The number of amides is 1. The average molecular weight is 317 g/mol. The Morgan fingerprint density at radius 1 is 1.43 bits per heavy atom. The lowest BCUT2D eigenvalue weighted by Gasteiger charge is -2.28. The highest BCUT2D eigenvalue weighted by molar-refractivity contribution is 5.90.